The molecule has 6 heteroatoms. The van der Waals surface area contributed by atoms with Crippen molar-refractivity contribution >= 4 is 18.3 Å². The minimum absolute atomic E-state index is 0. The number of nitrogens with zero attached hydrogens (tertiary/aromatic N) is 2. The van der Waals surface area contributed by atoms with E-state index in [2.05, 4.69) is 15.7 Å². The van der Waals surface area contributed by atoms with Crippen LogP contribution in [0.2, 0.25) is 0 Å². The highest BCUT2D eigenvalue weighted by Crippen LogP contribution is 2.29. The highest BCUT2D eigenvalue weighted by Gasteiger charge is 2.25. The third-order valence-corrected chi connectivity index (χ3v) is 4.95. The number of fused-ring (bicyclic) bond motifs is 1. The van der Waals surface area contributed by atoms with E-state index in [0.717, 1.165) is 44.7 Å². The highest BCUT2D eigenvalue weighted by molar-refractivity contribution is 5.85. The van der Waals surface area contributed by atoms with Gasteiger partial charge in [0.2, 0.25) is 5.91 Å². The molecule has 1 unspecified atom stereocenters. The van der Waals surface area contributed by atoms with Crippen LogP contribution in [0.5, 0.6) is 0 Å². The second-order valence-corrected chi connectivity index (χ2v) is 6.41. The molecule has 22 heavy (non-hydrogen) atoms. The first kappa shape index (κ1) is 17.3. The summed E-state index contributed by atoms with van der Waals surface area (Å²) in [7, 11) is 1.99. The van der Waals surface area contributed by atoms with E-state index in [0.29, 0.717) is 6.42 Å². The second kappa shape index (κ2) is 7.97. The molecule has 1 atom stereocenters. The highest BCUT2D eigenvalue weighted by atomic mass is 35.5. The summed E-state index contributed by atoms with van der Waals surface area (Å²) < 4.78 is 1.95. The Kier molecular flexibility index (Phi) is 6.26. The first-order valence-corrected chi connectivity index (χ1v) is 8.25. The molecule has 3 rings (SSSR count). The molecule has 5 nitrogen and oxygen atoms in total. The zero-order chi connectivity index (χ0) is 14.7. The van der Waals surface area contributed by atoms with Gasteiger partial charge in [0, 0.05) is 24.7 Å². The van der Waals surface area contributed by atoms with E-state index in [4.69, 9.17) is 0 Å². The van der Waals surface area contributed by atoms with E-state index in [1.54, 1.807) is 0 Å². The third-order valence-electron chi connectivity index (χ3n) is 4.95. The molecular weight excluding hydrogens is 300 g/mol. The van der Waals surface area contributed by atoms with Gasteiger partial charge in [0.15, 0.2) is 0 Å². The number of aryl methyl sites for hydroxylation is 1. The molecule has 124 valence electrons. The van der Waals surface area contributed by atoms with E-state index < -0.39 is 0 Å². The van der Waals surface area contributed by atoms with Gasteiger partial charge in [-0.15, -0.1) is 12.4 Å². The van der Waals surface area contributed by atoms with Crippen LogP contribution >= 0.6 is 12.4 Å². The number of carbonyl (C=O) groups excluding carboxylic acids is 1. The third kappa shape index (κ3) is 4.02. The van der Waals surface area contributed by atoms with Crippen molar-refractivity contribution in [1.29, 1.82) is 0 Å². The van der Waals surface area contributed by atoms with Gasteiger partial charge in [0.05, 0.1) is 12.2 Å². The molecule has 1 amide bonds. The number of hydrogen-bond acceptors (Lipinski definition) is 3. The summed E-state index contributed by atoms with van der Waals surface area (Å²) in [4.78, 5) is 12.2. The molecular formula is C16H27ClN4O. The minimum Gasteiger partial charge on any atom is -0.349 e. The maximum atomic E-state index is 12.2. The molecule has 1 saturated heterocycles. The molecule has 1 aliphatic carbocycles. The number of aromatic nitrogens is 2. The van der Waals surface area contributed by atoms with Crippen molar-refractivity contribution in [2.24, 2.45) is 13.0 Å². The van der Waals surface area contributed by atoms with Crippen LogP contribution in [-0.4, -0.2) is 28.8 Å². The zero-order valence-corrected chi connectivity index (χ0v) is 14.1. The molecule has 0 bridgehead atoms. The van der Waals surface area contributed by atoms with Crippen molar-refractivity contribution in [1.82, 2.24) is 20.4 Å². The van der Waals surface area contributed by atoms with Crippen LogP contribution in [0.15, 0.2) is 6.20 Å². The number of amides is 1. The van der Waals surface area contributed by atoms with Crippen LogP contribution in [0.25, 0.3) is 0 Å². The van der Waals surface area contributed by atoms with E-state index in [9.17, 15) is 4.79 Å². The topological polar surface area (TPSA) is 59.0 Å². The maximum absolute atomic E-state index is 12.2. The lowest BCUT2D eigenvalue weighted by atomic mass is 9.91. The quantitative estimate of drug-likeness (QED) is 0.891. The van der Waals surface area contributed by atoms with Gasteiger partial charge in [-0.2, -0.15) is 5.10 Å². The van der Waals surface area contributed by atoms with Crippen molar-refractivity contribution in [2.75, 3.05) is 13.1 Å². The normalized spacial score (nSPS) is 21.8. The molecule has 1 aromatic heterocycles. The average Bonchev–Trinajstić information content (AvgIpc) is 2.89. The number of carbonyl (C=O) groups is 1. The Hall–Kier alpha value is -1.07. The Morgan fingerprint density at radius 3 is 2.95 bits per heavy atom. The number of nitrogens with one attached hydrogen (secondary N) is 2. The van der Waals surface area contributed by atoms with E-state index in [1.807, 2.05) is 17.9 Å². The summed E-state index contributed by atoms with van der Waals surface area (Å²) >= 11 is 0. The summed E-state index contributed by atoms with van der Waals surface area (Å²) in [6.07, 6.45) is 9.28. The van der Waals surface area contributed by atoms with Gasteiger partial charge in [-0.3, -0.25) is 9.48 Å². The van der Waals surface area contributed by atoms with Crippen molar-refractivity contribution in [3.63, 3.8) is 0 Å². The molecule has 0 spiro atoms. The first-order valence-electron chi connectivity index (χ1n) is 8.25. The molecule has 2 heterocycles. The average molecular weight is 327 g/mol. The van der Waals surface area contributed by atoms with E-state index in [1.165, 1.54) is 24.1 Å². The number of piperidine rings is 1. The Morgan fingerprint density at radius 1 is 1.41 bits per heavy atom. The summed E-state index contributed by atoms with van der Waals surface area (Å²) in [5.74, 6) is 0.924. The van der Waals surface area contributed by atoms with Gasteiger partial charge in [-0.1, -0.05) is 0 Å². The molecule has 1 aliphatic heterocycles. The van der Waals surface area contributed by atoms with Gasteiger partial charge in [-0.05, 0) is 57.5 Å². The van der Waals surface area contributed by atoms with Crippen LogP contribution in [0.4, 0.5) is 0 Å². The maximum Gasteiger partial charge on any atom is 0.220 e. The predicted octanol–water partition coefficient (Wildman–Crippen LogP) is 2.12. The largest absolute Gasteiger partial charge is 0.349 e. The Bertz CT molecular complexity index is 496. The smallest absolute Gasteiger partial charge is 0.220 e. The summed E-state index contributed by atoms with van der Waals surface area (Å²) in [5, 5.41) is 10.9. The zero-order valence-electron chi connectivity index (χ0n) is 13.3. The van der Waals surface area contributed by atoms with Crippen molar-refractivity contribution < 1.29 is 4.79 Å². The van der Waals surface area contributed by atoms with Crippen LogP contribution in [0.1, 0.15) is 55.8 Å². The van der Waals surface area contributed by atoms with Gasteiger partial charge in [0.1, 0.15) is 0 Å². The molecule has 2 aliphatic rings. The fourth-order valence-corrected chi connectivity index (χ4v) is 3.63. The molecule has 2 N–H and O–H groups in total. The lowest BCUT2D eigenvalue weighted by Crippen LogP contribution is -2.32. The predicted molar refractivity (Wildman–Crippen MR) is 89.1 cm³/mol. The lowest BCUT2D eigenvalue weighted by Gasteiger charge is -2.25. The monoisotopic (exact) mass is 326 g/mol. The van der Waals surface area contributed by atoms with E-state index in [-0.39, 0.29) is 24.4 Å². The van der Waals surface area contributed by atoms with Gasteiger partial charge in [-0.25, -0.2) is 0 Å². The Balaban J connectivity index is 0.00000176. The molecule has 1 aromatic rings. The Morgan fingerprint density at radius 2 is 2.18 bits per heavy atom. The number of rotatable bonds is 4. The van der Waals surface area contributed by atoms with Gasteiger partial charge < -0.3 is 10.6 Å². The molecule has 0 saturated carbocycles. The Labute approximate surface area is 138 Å². The fourth-order valence-electron chi connectivity index (χ4n) is 3.63. The molecule has 0 aromatic carbocycles. The van der Waals surface area contributed by atoms with Gasteiger partial charge in [0.25, 0.3) is 0 Å². The number of hydrogen-bond donors (Lipinski definition) is 2. The minimum atomic E-state index is 0. The summed E-state index contributed by atoms with van der Waals surface area (Å²) in [5.41, 5.74) is 2.50. The van der Waals surface area contributed by atoms with Crippen LogP contribution in [-0.2, 0) is 18.3 Å². The van der Waals surface area contributed by atoms with Crippen molar-refractivity contribution in [3.8, 4) is 0 Å². The second-order valence-electron chi connectivity index (χ2n) is 6.41. The fraction of sp³-hybridized carbons (Fsp3) is 0.750. The number of halogens is 1. The standard InChI is InChI=1S/C16H26N4O.ClH/c1-20-15-4-2-3-14(13(15)11-18-20)19-16(21)6-5-12-7-9-17-10-8-12;/h11-12,14,17H,2-10H2,1H3,(H,19,21);1H. The van der Waals surface area contributed by atoms with Crippen molar-refractivity contribution in [2.45, 2.75) is 51.0 Å². The van der Waals surface area contributed by atoms with Gasteiger partial charge >= 0.3 is 0 Å². The summed E-state index contributed by atoms with van der Waals surface area (Å²) in [6.45, 7) is 2.21. The van der Waals surface area contributed by atoms with Crippen LogP contribution in [0.3, 0.4) is 0 Å². The lowest BCUT2D eigenvalue weighted by molar-refractivity contribution is -0.122. The van der Waals surface area contributed by atoms with E-state index >= 15 is 0 Å². The summed E-state index contributed by atoms with van der Waals surface area (Å²) in [6, 6.07) is 0.169. The van der Waals surface area contributed by atoms with Crippen LogP contribution < -0.4 is 10.6 Å². The molecule has 1 fully saturated rings. The first-order chi connectivity index (χ1) is 10.2. The van der Waals surface area contributed by atoms with Crippen LogP contribution in [0, 0.1) is 5.92 Å². The van der Waals surface area contributed by atoms with Crippen molar-refractivity contribution in [3.05, 3.63) is 17.5 Å². The molecule has 0 radical (unpaired) electrons. The SMILES string of the molecule is Cl.Cn1ncc2c1CCCC2NC(=O)CCC1CCNCC1.